The quantitative estimate of drug-likeness (QED) is 0.877. The van der Waals surface area contributed by atoms with Gasteiger partial charge in [-0.1, -0.05) is 29.3 Å². The van der Waals surface area contributed by atoms with Gasteiger partial charge in [-0.15, -0.1) is 0 Å². The summed E-state index contributed by atoms with van der Waals surface area (Å²) in [6, 6.07) is 4.47. The van der Waals surface area contributed by atoms with Gasteiger partial charge in [0.25, 0.3) is 0 Å². The fourth-order valence-corrected chi connectivity index (χ4v) is 3.26. The van der Waals surface area contributed by atoms with Crippen LogP contribution in [0.3, 0.4) is 0 Å². The molecular formula is C10H8Cl2N2O2S. The molecule has 0 unspecified atom stereocenters. The van der Waals surface area contributed by atoms with Gasteiger partial charge in [-0.05, 0) is 24.3 Å². The SMILES string of the molecule is O=S(=O)(C1=CC=CNN1)c1cccc(Cl)c1Cl. The van der Waals surface area contributed by atoms with Crippen molar-refractivity contribution in [2.75, 3.05) is 0 Å². The minimum Gasteiger partial charge on any atom is -0.308 e. The van der Waals surface area contributed by atoms with Crippen LogP contribution in [0.2, 0.25) is 10.0 Å². The van der Waals surface area contributed by atoms with E-state index >= 15 is 0 Å². The molecule has 2 rings (SSSR count). The van der Waals surface area contributed by atoms with Gasteiger partial charge in [-0.2, -0.15) is 0 Å². The monoisotopic (exact) mass is 290 g/mol. The van der Waals surface area contributed by atoms with Crippen molar-refractivity contribution in [1.82, 2.24) is 10.9 Å². The number of nitrogens with one attached hydrogen (secondary N) is 2. The van der Waals surface area contributed by atoms with Crippen LogP contribution in [0.1, 0.15) is 0 Å². The topological polar surface area (TPSA) is 58.2 Å². The van der Waals surface area contributed by atoms with E-state index in [0.717, 1.165) is 0 Å². The van der Waals surface area contributed by atoms with Crippen LogP contribution >= 0.6 is 23.2 Å². The Labute approximate surface area is 109 Å². The number of hydrogen-bond donors (Lipinski definition) is 2. The molecule has 0 bridgehead atoms. The first-order chi connectivity index (χ1) is 8.03. The Kier molecular flexibility index (Phi) is 3.33. The molecule has 1 aliphatic heterocycles. The van der Waals surface area contributed by atoms with Crippen molar-refractivity contribution in [2.45, 2.75) is 4.90 Å². The lowest BCUT2D eigenvalue weighted by Crippen LogP contribution is -2.32. The lowest BCUT2D eigenvalue weighted by molar-refractivity contribution is 0.593. The minimum atomic E-state index is -3.70. The third-order valence-electron chi connectivity index (χ3n) is 2.12. The third-order valence-corrected chi connectivity index (χ3v) is 4.79. The molecule has 0 aliphatic carbocycles. The van der Waals surface area contributed by atoms with Crippen molar-refractivity contribution in [3.05, 3.63) is 51.6 Å². The Morgan fingerprint density at radius 2 is 1.94 bits per heavy atom. The average molecular weight is 291 g/mol. The van der Waals surface area contributed by atoms with Gasteiger partial charge in [-0.25, -0.2) is 8.42 Å². The van der Waals surface area contributed by atoms with E-state index in [1.54, 1.807) is 12.3 Å². The molecule has 0 fully saturated rings. The molecule has 0 radical (unpaired) electrons. The maximum atomic E-state index is 12.2. The van der Waals surface area contributed by atoms with Crippen LogP contribution in [0.5, 0.6) is 0 Å². The van der Waals surface area contributed by atoms with Crippen LogP contribution in [0.4, 0.5) is 0 Å². The molecule has 4 nitrogen and oxygen atoms in total. The van der Waals surface area contributed by atoms with Gasteiger partial charge in [0.15, 0.2) is 5.03 Å². The van der Waals surface area contributed by atoms with Gasteiger partial charge in [0.2, 0.25) is 9.84 Å². The third kappa shape index (κ3) is 2.26. The number of halogens is 2. The predicted octanol–water partition coefficient (Wildman–Crippen LogP) is 2.23. The Morgan fingerprint density at radius 1 is 1.18 bits per heavy atom. The van der Waals surface area contributed by atoms with Crippen molar-refractivity contribution in [1.29, 1.82) is 0 Å². The van der Waals surface area contributed by atoms with E-state index in [4.69, 9.17) is 23.2 Å². The molecule has 0 saturated heterocycles. The van der Waals surface area contributed by atoms with E-state index in [9.17, 15) is 8.42 Å². The first-order valence-corrected chi connectivity index (χ1v) is 6.85. The number of sulfone groups is 1. The molecule has 2 N–H and O–H groups in total. The Hall–Kier alpha value is -1.17. The second kappa shape index (κ2) is 4.60. The maximum absolute atomic E-state index is 12.2. The summed E-state index contributed by atoms with van der Waals surface area (Å²) in [5.74, 6) is 0. The molecule has 0 saturated carbocycles. The van der Waals surface area contributed by atoms with Crippen LogP contribution in [0.15, 0.2) is 46.5 Å². The van der Waals surface area contributed by atoms with Crippen molar-refractivity contribution < 1.29 is 8.42 Å². The fourth-order valence-electron chi connectivity index (χ4n) is 1.30. The highest BCUT2D eigenvalue weighted by Gasteiger charge is 2.24. The molecule has 90 valence electrons. The van der Waals surface area contributed by atoms with Crippen molar-refractivity contribution in [3.63, 3.8) is 0 Å². The summed E-state index contributed by atoms with van der Waals surface area (Å²) in [5, 5.41) is 0.239. The van der Waals surface area contributed by atoms with Crippen molar-refractivity contribution >= 4 is 33.0 Å². The van der Waals surface area contributed by atoms with Gasteiger partial charge in [0.05, 0.1) is 14.9 Å². The van der Waals surface area contributed by atoms with Crippen LogP contribution in [0, 0.1) is 0 Å². The van der Waals surface area contributed by atoms with Crippen LogP contribution < -0.4 is 10.9 Å². The number of rotatable bonds is 2. The van der Waals surface area contributed by atoms with Gasteiger partial charge in [-0.3, -0.25) is 5.43 Å². The normalized spacial score (nSPS) is 14.8. The Morgan fingerprint density at radius 3 is 2.59 bits per heavy atom. The minimum absolute atomic E-state index is 0.0177. The number of allylic oxidation sites excluding steroid dienone is 2. The largest absolute Gasteiger partial charge is 0.308 e. The first-order valence-electron chi connectivity index (χ1n) is 4.61. The molecule has 0 aromatic heterocycles. The molecular weight excluding hydrogens is 283 g/mol. The summed E-state index contributed by atoms with van der Waals surface area (Å²) >= 11 is 11.7. The van der Waals surface area contributed by atoms with Crippen LogP contribution in [0.25, 0.3) is 0 Å². The zero-order valence-electron chi connectivity index (χ0n) is 8.44. The molecule has 1 aromatic carbocycles. The number of hydrazine groups is 1. The highest BCUT2D eigenvalue weighted by Crippen LogP contribution is 2.31. The number of benzene rings is 1. The standard InChI is InChI=1S/C10H8Cl2N2O2S/c11-7-3-1-4-8(10(7)12)17(15,16)9-5-2-6-13-14-9/h1-6,13-14H. The average Bonchev–Trinajstić information content (AvgIpc) is 2.33. The summed E-state index contributed by atoms with van der Waals surface area (Å²) in [4.78, 5) is -0.0254. The molecule has 0 spiro atoms. The van der Waals surface area contributed by atoms with Gasteiger partial charge in [0.1, 0.15) is 0 Å². The first kappa shape index (κ1) is 12.3. The zero-order valence-corrected chi connectivity index (χ0v) is 10.8. The van der Waals surface area contributed by atoms with Crippen molar-refractivity contribution in [2.24, 2.45) is 0 Å². The summed E-state index contributed by atoms with van der Waals surface area (Å²) in [5.41, 5.74) is 5.13. The van der Waals surface area contributed by atoms with Crippen LogP contribution in [-0.4, -0.2) is 8.42 Å². The summed E-state index contributed by atoms with van der Waals surface area (Å²) in [6.07, 6.45) is 4.57. The second-order valence-corrected chi connectivity index (χ2v) is 5.89. The smallest absolute Gasteiger partial charge is 0.224 e. The van der Waals surface area contributed by atoms with Crippen molar-refractivity contribution in [3.8, 4) is 0 Å². The molecule has 1 heterocycles. The van der Waals surface area contributed by atoms with Gasteiger partial charge < -0.3 is 5.43 Å². The van der Waals surface area contributed by atoms with Crippen LogP contribution in [-0.2, 0) is 9.84 Å². The van der Waals surface area contributed by atoms with Gasteiger partial charge in [0, 0.05) is 6.20 Å². The summed E-state index contributed by atoms with van der Waals surface area (Å²) in [6.45, 7) is 0. The van der Waals surface area contributed by atoms with E-state index < -0.39 is 9.84 Å². The van der Waals surface area contributed by atoms with Gasteiger partial charge >= 0.3 is 0 Å². The molecule has 7 heteroatoms. The molecule has 1 aromatic rings. The molecule has 1 aliphatic rings. The predicted molar refractivity (Wildman–Crippen MR) is 67.1 cm³/mol. The lowest BCUT2D eigenvalue weighted by Gasteiger charge is -2.15. The highest BCUT2D eigenvalue weighted by atomic mass is 35.5. The Balaban J connectivity index is 2.56. The molecule has 0 amide bonds. The lowest BCUT2D eigenvalue weighted by atomic mass is 10.4. The molecule has 17 heavy (non-hydrogen) atoms. The van der Waals surface area contributed by atoms with E-state index in [1.807, 2.05) is 0 Å². The van der Waals surface area contributed by atoms with E-state index in [0.29, 0.717) is 0 Å². The van der Waals surface area contributed by atoms with E-state index in [1.165, 1.54) is 24.3 Å². The zero-order chi connectivity index (χ0) is 12.5. The van der Waals surface area contributed by atoms with E-state index in [-0.39, 0.29) is 20.0 Å². The van der Waals surface area contributed by atoms with E-state index in [2.05, 4.69) is 10.9 Å². The molecule has 0 atom stereocenters. The highest BCUT2D eigenvalue weighted by molar-refractivity contribution is 7.95. The second-order valence-electron chi connectivity index (χ2n) is 3.21. The summed E-state index contributed by atoms with van der Waals surface area (Å²) < 4.78 is 24.4. The summed E-state index contributed by atoms with van der Waals surface area (Å²) in [7, 11) is -3.70. The Bertz CT molecular complexity index is 609. The maximum Gasteiger partial charge on any atom is 0.224 e. The number of hydrogen-bond acceptors (Lipinski definition) is 4. The fraction of sp³-hybridized carbons (Fsp3) is 0.